The van der Waals surface area contributed by atoms with E-state index in [1.165, 1.54) is 11.1 Å². The minimum Gasteiger partial charge on any atom is -0.326 e. The van der Waals surface area contributed by atoms with Crippen LogP contribution in [-0.2, 0) is 6.54 Å². The van der Waals surface area contributed by atoms with E-state index < -0.39 is 0 Å². The lowest BCUT2D eigenvalue weighted by Crippen LogP contribution is -2.64. The van der Waals surface area contributed by atoms with Crippen LogP contribution in [0.5, 0.6) is 0 Å². The average Bonchev–Trinajstić information content (AvgIpc) is 2.56. The van der Waals surface area contributed by atoms with E-state index in [0.29, 0.717) is 24.7 Å². The predicted molar refractivity (Wildman–Crippen MR) is 86.2 cm³/mol. The van der Waals surface area contributed by atoms with Gasteiger partial charge in [-0.1, -0.05) is 24.3 Å². The summed E-state index contributed by atoms with van der Waals surface area (Å²) in [5.41, 5.74) is 8.24. The van der Waals surface area contributed by atoms with Crippen LogP contribution in [0.1, 0.15) is 17.2 Å². The van der Waals surface area contributed by atoms with E-state index in [-0.39, 0.29) is 0 Å². The number of nitrogens with one attached hydrogen (secondary N) is 3. The normalized spacial score (nSPS) is 31.2. The van der Waals surface area contributed by atoms with Crippen LogP contribution in [0.2, 0.25) is 0 Å². The van der Waals surface area contributed by atoms with E-state index in [1.54, 1.807) is 0 Å². The predicted octanol–water partition coefficient (Wildman–Crippen LogP) is -0.349. The van der Waals surface area contributed by atoms with Gasteiger partial charge in [0.25, 0.3) is 0 Å². The highest BCUT2D eigenvalue weighted by Gasteiger charge is 2.31. The molecule has 116 valence electrons. The molecule has 0 saturated carbocycles. The standard InChI is InChI=1S/C16H27N5/c1-21-11-15(14-9-18-6-7-19-14)20-10-16(21)13-4-2-12(8-17)3-5-13/h2-5,14-16,18-20H,6-11,17H2,1H3. The molecule has 5 heteroatoms. The highest BCUT2D eigenvalue weighted by atomic mass is 15.2. The zero-order valence-corrected chi connectivity index (χ0v) is 12.8. The van der Waals surface area contributed by atoms with Gasteiger partial charge >= 0.3 is 0 Å². The number of nitrogens with zero attached hydrogens (tertiary/aromatic N) is 1. The van der Waals surface area contributed by atoms with E-state index >= 15 is 0 Å². The van der Waals surface area contributed by atoms with Gasteiger partial charge in [-0.2, -0.15) is 0 Å². The molecule has 2 heterocycles. The molecule has 2 saturated heterocycles. The first-order valence-corrected chi connectivity index (χ1v) is 7.94. The molecule has 5 N–H and O–H groups in total. The van der Waals surface area contributed by atoms with Crippen molar-refractivity contribution >= 4 is 0 Å². The van der Waals surface area contributed by atoms with Gasteiger partial charge in [-0.25, -0.2) is 0 Å². The summed E-state index contributed by atoms with van der Waals surface area (Å²) in [7, 11) is 2.23. The highest BCUT2D eigenvalue weighted by molar-refractivity contribution is 5.26. The molecule has 5 nitrogen and oxygen atoms in total. The van der Waals surface area contributed by atoms with E-state index in [0.717, 1.165) is 32.7 Å². The number of benzene rings is 1. The topological polar surface area (TPSA) is 65.3 Å². The molecule has 2 aliphatic rings. The first-order chi connectivity index (χ1) is 10.3. The van der Waals surface area contributed by atoms with Gasteiger partial charge < -0.3 is 21.7 Å². The van der Waals surface area contributed by atoms with Crippen LogP contribution in [-0.4, -0.2) is 56.8 Å². The van der Waals surface area contributed by atoms with Crippen molar-refractivity contribution in [3.8, 4) is 0 Å². The Morgan fingerprint density at radius 1 is 1.10 bits per heavy atom. The number of piperazine rings is 2. The molecule has 21 heavy (non-hydrogen) atoms. The van der Waals surface area contributed by atoms with Crippen LogP contribution >= 0.6 is 0 Å². The van der Waals surface area contributed by atoms with E-state index in [2.05, 4.69) is 52.2 Å². The summed E-state index contributed by atoms with van der Waals surface area (Å²) in [6.07, 6.45) is 0. The van der Waals surface area contributed by atoms with Gasteiger partial charge in [-0.3, -0.25) is 4.90 Å². The lowest BCUT2D eigenvalue weighted by molar-refractivity contribution is 0.139. The summed E-state index contributed by atoms with van der Waals surface area (Å²) < 4.78 is 0. The number of likely N-dealkylation sites (N-methyl/N-ethyl adjacent to an activating group) is 1. The summed E-state index contributed by atoms with van der Waals surface area (Å²) in [5.74, 6) is 0. The first-order valence-electron chi connectivity index (χ1n) is 7.94. The maximum Gasteiger partial charge on any atom is 0.0470 e. The molecule has 3 unspecified atom stereocenters. The fourth-order valence-corrected chi connectivity index (χ4v) is 3.40. The molecule has 1 aromatic rings. The van der Waals surface area contributed by atoms with Crippen LogP contribution in [0.25, 0.3) is 0 Å². The van der Waals surface area contributed by atoms with Crippen molar-refractivity contribution in [2.45, 2.75) is 24.7 Å². The maximum atomic E-state index is 5.67. The van der Waals surface area contributed by atoms with Crippen LogP contribution in [0, 0.1) is 0 Å². The van der Waals surface area contributed by atoms with Gasteiger partial charge in [0.15, 0.2) is 0 Å². The summed E-state index contributed by atoms with van der Waals surface area (Å²) in [5, 5.41) is 10.8. The Labute approximate surface area is 127 Å². The highest BCUT2D eigenvalue weighted by Crippen LogP contribution is 2.23. The molecule has 0 aromatic heterocycles. The van der Waals surface area contributed by atoms with Gasteiger partial charge in [0.05, 0.1) is 0 Å². The number of rotatable bonds is 3. The second-order valence-corrected chi connectivity index (χ2v) is 6.18. The molecule has 2 fully saturated rings. The van der Waals surface area contributed by atoms with Crippen molar-refractivity contribution in [2.24, 2.45) is 5.73 Å². The molecular formula is C16H27N5. The summed E-state index contributed by atoms with van der Waals surface area (Å²) >= 11 is 0. The molecule has 1 aromatic carbocycles. The zero-order valence-electron chi connectivity index (χ0n) is 12.8. The lowest BCUT2D eigenvalue weighted by atomic mass is 9.97. The Kier molecular flexibility index (Phi) is 4.87. The number of nitrogens with two attached hydrogens (primary N) is 1. The summed E-state index contributed by atoms with van der Waals surface area (Å²) in [6.45, 7) is 5.89. The van der Waals surface area contributed by atoms with Gasteiger partial charge in [-0.15, -0.1) is 0 Å². The third-order valence-electron chi connectivity index (χ3n) is 4.75. The van der Waals surface area contributed by atoms with Crippen molar-refractivity contribution in [2.75, 3.05) is 39.8 Å². The molecule has 0 amide bonds. The fraction of sp³-hybridized carbons (Fsp3) is 0.625. The van der Waals surface area contributed by atoms with E-state index in [4.69, 9.17) is 5.73 Å². The lowest BCUT2D eigenvalue weighted by Gasteiger charge is -2.42. The average molecular weight is 289 g/mol. The number of hydrogen-bond acceptors (Lipinski definition) is 5. The van der Waals surface area contributed by atoms with E-state index in [1.807, 2.05) is 0 Å². The zero-order chi connectivity index (χ0) is 14.7. The smallest absolute Gasteiger partial charge is 0.0470 e. The Morgan fingerprint density at radius 2 is 1.90 bits per heavy atom. The van der Waals surface area contributed by atoms with Crippen LogP contribution in [0.3, 0.4) is 0 Å². The van der Waals surface area contributed by atoms with Crippen molar-refractivity contribution in [3.63, 3.8) is 0 Å². The largest absolute Gasteiger partial charge is 0.326 e. The first kappa shape index (κ1) is 14.9. The third-order valence-corrected chi connectivity index (χ3v) is 4.75. The minimum atomic E-state index is 0.449. The molecule has 3 rings (SSSR count). The van der Waals surface area contributed by atoms with Gasteiger partial charge in [0, 0.05) is 57.4 Å². The maximum absolute atomic E-state index is 5.67. The Balaban J connectivity index is 1.62. The number of hydrogen-bond donors (Lipinski definition) is 4. The molecule has 0 spiro atoms. The van der Waals surface area contributed by atoms with Crippen molar-refractivity contribution in [3.05, 3.63) is 35.4 Å². The van der Waals surface area contributed by atoms with Gasteiger partial charge in [0.2, 0.25) is 0 Å². The monoisotopic (exact) mass is 289 g/mol. The SMILES string of the molecule is CN1CC(C2CNCCN2)NCC1c1ccc(CN)cc1. The van der Waals surface area contributed by atoms with Crippen molar-refractivity contribution < 1.29 is 0 Å². The molecule has 0 radical (unpaired) electrons. The van der Waals surface area contributed by atoms with Crippen LogP contribution in [0.4, 0.5) is 0 Å². The fourth-order valence-electron chi connectivity index (χ4n) is 3.40. The molecule has 3 atom stereocenters. The van der Waals surface area contributed by atoms with Crippen molar-refractivity contribution in [1.29, 1.82) is 0 Å². The molecule has 0 bridgehead atoms. The van der Waals surface area contributed by atoms with Crippen LogP contribution in [0.15, 0.2) is 24.3 Å². The Hall–Kier alpha value is -0.980. The second kappa shape index (κ2) is 6.85. The minimum absolute atomic E-state index is 0.449. The summed E-state index contributed by atoms with van der Waals surface area (Å²) in [4.78, 5) is 2.47. The third kappa shape index (κ3) is 3.44. The van der Waals surface area contributed by atoms with E-state index in [9.17, 15) is 0 Å². The second-order valence-electron chi connectivity index (χ2n) is 6.18. The van der Waals surface area contributed by atoms with Crippen LogP contribution < -0.4 is 21.7 Å². The molecular weight excluding hydrogens is 262 g/mol. The van der Waals surface area contributed by atoms with Crippen molar-refractivity contribution in [1.82, 2.24) is 20.9 Å². The van der Waals surface area contributed by atoms with Gasteiger partial charge in [0.1, 0.15) is 0 Å². The van der Waals surface area contributed by atoms with Gasteiger partial charge in [-0.05, 0) is 18.2 Å². The molecule has 0 aliphatic carbocycles. The molecule has 2 aliphatic heterocycles. The Bertz CT molecular complexity index is 440. The summed E-state index contributed by atoms with van der Waals surface area (Å²) in [6, 6.07) is 10.2. The Morgan fingerprint density at radius 3 is 2.52 bits per heavy atom. The quantitative estimate of drug-likeness (QED) is 0.613.